The van der Waals surface area contributed by atoms with E-state index in [0.29, 0.717) is 0 Å². The molecular formula is C52H102Li2N4O4Si6. The van der Waals surface area contributed by atoms with Gasteiger partial charge in [0.05, 0.1) is 17.1 Å². The fourth-order valence-electron chi connectivity index (χ4n) is 8.15. The molecule has 380 valence electrons. The first kappa shape index (κ1) is 66.6. The van der Waals surface area contributed by atoms with Crippen LogP contribution in [-0.2, 0) is 18.9 Å². The average Bonchev–Trinajstić information content (AvgIpc) is 4.07. The van der Waals surface area contributed by atoms with Gasteiger partial charge in [-0.2, -0.15) is 0 Å². The molecule has 2 aromatic rings. The second-order valence-electron chi connectivity index (χ2n) is 25.4. The van der Waals surface area contributed by atoms with Crippen LogP contribution in [0.2, 0.25) is 72.5 Å². The molecule has 2 aromatic carbocycles. The molecule has 5 aliphatic rings. The Labute approximate surface area is 451 Å². The molecule has 0 aromatic heterocycles. The summed E-state index contributed by atoms with van der Waals surface area (Å²) in [7, 11) is -14.7. The standard InChI is InChI=1S/C36H70N4Si6.4C4H8O.2Li/c1-33(2,3)41(13,14)37-45(31-27-23-21-24-28-31)39(43(17,18)35(7,8)9)46(32-29-25-22-26-30-32,38-42(15,16)34(4,5)6)40(45)44(19,20)36(10,11)12;4*1-2-4-5-3-1;;/h21-30H,1-20H3;4*1-4H2;;/q-2;;;;;2*+1. The maximum Gasteiger partial charge on any atom is 1.00 e. The smallest absolute Gasteiger partial charge is 0.639 e. The molecule has 0 amide bonds. The summed E-state index contributed by atoms with van der Waals surface area (Å²) in [6.45, 7) is 58.7. The van der Waals surface area contributed by atoms with Crippen molar-refractivity contribution in [2.45, 2.75) is 207 Å². The molecule has 0 aliphatic carbocycles. The molecule has 7 rings (SSSR count). The van der Waals surface area contributed by atoms with E-state index < -0.39 is 50.1 Å². The predicted molar refractivity (Wildman–Crippen MR) is 303 cm³/mol. The van der Waals surface area contributed by atoms with Crippen LogP contribution in [0.4, 0.5) is 0 Å². The number of ether oxygens (including phenoxy) is 4. The van der Waals surface area contributed by atoms with Crippen LogP contribution in [0, 0.1) is 0 Å². The van der Waals surface area contributed by atoms with Crippen LogP contribution in [0.1, 0.15) is 134 Å². The second kappa shape index (κ2) is 27.4. The van der Waals surface area contributed by atoms with Gasteiger partial charge in [-0.15, -0.1) is 0 Å². The summed E-state index contributed by atoms with van der Waals surface area (Å²) in [6, 6.07) is 23.4. The van der Waals surface area contributed by atoms with Gasteiger partial charge in [-0.3, -0.25) is 0 Å². The van der Waals surface area contributed by atoms with E-state index in [1.165, 1.54) is 61.7 Å². The molecule has 0 atom stereocenters. The van der Waals surface area contributed by atoms with Gasteiger partial charge in [-0.1, -0.05) is 223 Å². The molecule has 16 heteroatoms. The van der Waals surface area contributed by atoms with Crippen molar-refractivity contribution in [2.75, 3.05) is 52.9 Å². The summed E-state index contributed by atoms with van der Waals surface area (Å²) >= 11 is 0. The van der Waals surface area contributed by atoms with Gasteiger partial charge in [0.25, 0.3) is 0 Å². The maximum absolute atomic E-state index is 6.61. The van der Waals surface area contributed by atoms with Crippen LogP contribution < -0.4 is 48.1 Å². The van der Waals surface area contributed by atoms with Gasteiger partial charge in [0, 0.05) is 52.9 Å². The predicted octanol–water partition coefficient (Wildman–Crippen LogP) is 8.26. The van der Waals surface area contributed by atoms with Gasteiger partial charge >= 0.3 is 37.7 Å². The van der Waals surface area contributed by atoms with E-state index in [2.05, 4.69) is 204 Å². The van der Waals surface area contributed by atoms with Crippen molar-refractivity contribution < 1.29 is 56.7 Å². The van der Waals surface area contributed by atoms with Crippen LogP contribution in [0.5, 0.6) is 0 Å². The topological polar surface area (TPSA) is 71.6 Å². The van der Waals surface area contributed by atoms with Gasteiger partial charge in [0.1, 0.15) is 16.5 Å². The molecule has 0 bridgehead atoms. The summed E-state index contributed by atoms with van der Waals surface area (Å²) in [5.74, 6) is 0. The number of hydrogen-bond acceptors (Lipinski definition) is 6. The molecule has 68 heavy (non-hydrogen) atoms. The normalized spacial score (nSPS) is 22.9. The Morgan fingerprint density at radius 1 is 0.368 bits per heavy atom. The minimum Gasteiger partial charge on any atom is -0.639 e. The van der Waals surface area contributed by atoms with Gasteiger partial charge in [-0.05, 0) is 71.8 Å². The zero-order valence-corrected chi connectivity index (χ0v) is 54.5. The molecule has 0 unspecified atom stereocenters. The Balaban J connectivity index is 0.000000850. The van der Waals surface area contributed by atoms with Crippen molar-refractivity contribution in [2.24, 2.45) is 0 Å². The second-order valence-corrected chi connectivity index (χ2v) is 54.7. The molecule has 5 aliphatic heterocycles. The molecule has 0 radical (unpaired) electrons. The van der Waals surface area contributed by atoms with E-state index in [1.807, 2.05) is 0 Å². The van der Waals surface area contributed by atoms with Gasteiger partial charge < -0.3 is 36.0 Å². The van der Waals surface area contributed by atoms with Gasteiger partial charge in [0.15, 0.2) is 0 Å². The van der Waals surface area contributed by atoms with Crippen molar-refractivity contribution in [1.82, 2.24) is 7.79 Å². The molecular weight excluding hydrogens is 927 g/mol. The van der Waals surface area contributed by atoms with E-state index in [9.17, 15) is 0 Å². The maximum atomic E-state index is 6.61. The van der Waals surface area contributed by atoms with Crippen LogP contribution in [0.15, 0.2) is 60.7 Å². The number of nitrogens with zero attached hydrogens (tertiary/aromatic N) is 4. The largest absolute Gasteiger partial charge is 1.00 e. The van der Waals surface area contributed by atoms with E-state index >= 15 is 0 Å². The van der Waals surface area contributed by atoms with Crippen LogP contribution in [0.25, 0.3) is 9.30 Å². The molecule has 0 N–H and O–H groups in total. The summed E-state index contributed by atoms with van der Waals surface area (Å²) in [5, 5.41) is 3.45. The Morgan fingerprint density at radius 2 is 0.574 bits per heavy atom. The summed E-state index contributed by atoms with van der Waals surface area (Å²) < 4.78 is 39.5. The minimum atomic E-state index is -2.92. The summed E-state index contributed by atoms with van der Waals surface area (Å²) in [5.41, 5.74) is 0. The molecule has 0 spiro atoms. The molecule has 0 saturated carbocycles. The summed E-state index contributed by atoms with van der Waals surface area (Å²) in [6.07, 6.45) is 10.2. The molecule has 5 saturated heterocycles. The third-order valence-electron chi connectivity index (χ3n) is 16.2. The Kier molecular flexibility index (Phi) is 26.9. The minimum absolute atomic E-state index is 0. The zero-order valence-electron chi connectivity index (χ0n) is 48.5. The van der Waals surface area contributed by atoms with Crippen LogP contribution in [-0.4, -0.2) is 111 Å². The SMILES string of the molecule is C1CCOC1.C1CCOC1.C1CCOC1.C1CCOC1.CC(C)(C)[Si](C)(C)[N-][Si]1(c2ccccc2)N([Si](C)(C)C(C)(C)C)[Si]([N-][Si](C)(C)C(C)(C)C)(c2ccccc2)N1[Si](C)(C)C(C)(C)C.[Li+].[Li+]. The van der Waals surface area contributed by atoms with E-state index in [1.54, 1.807) is 0 Å². The van der Waals surface area contributed by atoms with Crippen molar-refractivity contribution in [3.63, 3.8) is 0 Å². The molecule has 8 nitrogen and oxygen atoms in total. The Hall–Kier alpha value is 0.616. The first-order chi connectivity index (χ1) is 30.4. The zero-order chi connectivity index (χ0) is 49.9. The fraction of sp³-hybridized carbons (Fsp3) is 0.769. The summed E-state index contributed by atoms with van der Waals surface area (Å²) in [4.78, 5) is 0. The fourth-order valence-corrected chi connectivity index (χ4v) is 54.0. The first-order valence-electron chi connectivity index (χ1n) is 25.9. The van der Waals surface area contributed by atoms with E-state index in [-0.39, 0.29) is 57.9 Å². The quantitative estimate of drug-likeness (QED) is 0.248. The van der Waals surface area contributed by atoms with Gasteiger partial charge in [-0.25, -0.2) is 0 Å². The van der Waals surface area contributed by atoms with Crippen molar-refractivity contribution in [3.05, 3.63) is 70.0 Å². The first-order valence-corrected chi connectivity index (χ1v) is 41.3. The van der Waals surface area contributed by atoms with Crippen molar-refractivity contribution in [1.29, 1.82) is 0 Å². The Bertz CT molecular complexity index is 1520. The molecule has 5 fully saturated rings. The van der Waals surface area contributed by atoms with Crippen molar-refractivity contribution in [3.8, 4) is 0 Å². The van der Waals surface area contributed by atoms with Crippen LogP contribution >= 0.6 is 0 Å². The number of benzene rings is 2. The number of hydrogen-bond donors (Lipinski definition) is 0. The third kappa shape index (κ3) is 16.3. The van der Waals surface area contributed by atoms with Crippen molar-refractivity contribution >= 4 is 60.4 Å². The van der Waals surface area contributed by atoms with Gasteiger partial charge in [0.2, 0.25) is 0 Å². The molecule has 5 heterocycles. The third-order valence-corrected chi connectivity index (χ3v) is 59.0. The van der Waals surface area contributed by atoms with E-state index in [0.717, 1.165) is 52.9 Å². The van der Waals surface area contributed by atoms with Crippen LogP contribution in [0.3, 0.4) is 0 Å². The van der Waals surface area contributed by atoms with E-state index in [4.69, 9.17) is 28.2 Å². The average molecular weight is 1030 g/mol. The monoisotopic (exact) mass is 1030 g/mol. The Morgan fingerprint density at radius 3 is 0.721 bits per heavy atom. The number of rotatable bonds is 8.